The minimum absolute atomic E-state index is 0.0341. The Labute approximate surface area is 129 Å². The van der Waals surface area contributed by atoms with Crippen molar-refractivity contribution in [3.63, 3.8) is 0 Å². The van der Waals surface area contributed by atoms with Crippen LogP contribution in [0.1, 0.15) is 18.9 Å². The molecule has 21 heavy (non-hydrogen) atoms. The molecular formula is C15H20N2O3S. The van der Waals surface area contributed by atoms with E-state index >= 15 is 0 Å². The van der Waals surface area contributed by atoms with Gasteiger partial charge in [0, 0.05) is 24.4 Å². The number of anilines is 1. The van der Waals surface area contributed by atoms with E-state index in [9.17, 15) is 9.59 Å². The number of rotatable bonds is 7. The molecule has 1 aliphatic rings. The number of carbonyl (C=O) groups is 2. The normalized spacial score (nSPS) is 14.1. The zero-order chi connectivity index (χ0) is 15.1. The smallest absolute Gasteiger partial charge is 0.410 e. The van der Waals surface area contributed by atoms with Crippen LogP contribution in [-0.2, 0) is 16.1 Å². The third kappa shape index (κ3) is 4.97. The molecule has 0 atom stereocenters. The molecule has 1 heterocycles. The van der Waals surface area contributed by atoms with Crippen molar-refractivity contribution in [1.82, 2.24) is 4.90 Å². The van der Waals surface area contributed by atoms with Crippen molar-refractivity contribution in [3.05, 3.63) is 29.8 Å². The van der Waals surface area contributed by atoms with Gasteiger partial charge in [0.25, 0.3) is 0 Å². The molecular weight excluding hydrogens is 288 g/mol. The van der Waals surface area contributed by atoms with Crippen LogP contribution in [0, 0.1) is 0 Å². The van der Waals surface area contributed by atoms with Crippen molar-refractivity contribution in [1.29, 1.82) is 0 Å². The number of cyclic esters (lactones) is 1. The van der Waals surface area contributed by atoms with Crippen LogP contribution < -0.4 is 5.32 Å². The number of benzene rings is 1. The fourth-order valence-corrected chi connectivity index (χ4v) is 2.63. The van der Waals surface area contributed by atoms with Crippen LogP contribution in [0.15, 0.2) is 24.3 Å². The molecule has 0 radical (unpaired) electrons. The molecule has 0 unspecified atom stereocenters. The molecule has 1 N–H and O–H groups in total. The lowest BCUT2D eigenvalue weighted by Gasteiger charge is -2.13. The van der Waals surface area contributed by atoms with Gasteiger partial charge in [-0.3, -0.25) is 4.79 Å². The number of carbonyl (C=O) groups excluding carboxylic acids is 2. The molecule has 1 aromatic carbocycles. The monoisotopic (exact) mass is 308 g/mol. The first kappa shape index (κ1) is 15.7. The van der Waals surface area contributed by atoms with Gasteiger partial charge in [0.15, 0.2) is 0 Å². The Morgan fingerprint density at radius 3 is 2.76 bits per heavy atom. The van der Waals surface area contributed by atoms with E-state index in [4.69, 9.17) is 4.74 Å². The Balaban J connectivity index is 1.81. The summed E-state index contributed by atoms with van der Waals surface area (Å²) in [6.45, 7) is 3.72. The zero-order valence-electron chi connectivity index (χ0n) is 12.1. The van der Waals surface area contributed by atoms with E-state index in [0.717, 1.165) is 22.8 Å². The highest BCUT2D eigenvalue weighted by atomic mass is 32.2. The van der Waals surface area contributed by atoms with Gasteiger partial charge in [-0.1, -0.05) is 19.1 Å². The maximum Gasteiger partial charge on any atom is 0.410 e. The predicted octanol–water partition coefficient (Wildman–Crippen LogP) is 2.72. The molecule has 0 aromatic heterocycles. The van der Waals surface area contributed by atoms with Gasteiger partial charge in [-0.25, -0.2) is 4.79 Å². The van der Waals surface area contributed by atoms with E-state index in [1.807, 2.05) is 24.3 Å². The molecule has 0 spiro atoms. The second-order valence-electron chi connectivity index (χ2n) is 4.73. The number of hydrogen-bond acceptors (Lipinski definition) is 4. The quantitative estimate of drug-likeness (QED) is 0.787. The first-order valence-electron chi connectivity index (χ1n) is 7.07. The summed E-state index contributed by atoms with van der Waals surface area (Å²) in [5.74, 6) is 1.91. The van der Waals surface area contributed by atoms with Crippen LogP contribution in [0.5, 0.6) is 0 Å². The SMILES string of the molecule is CCSCCC(=O)Nc1ccc(CN2CCOC2=O)cc1. The zero-order valence-corrected chi connectivity index (χ0v) is 12.9. The fourth-order valence-electron chi connectivity index (χ4n) is 2.02. The van der Waals surface area contributed by atoms with Crippen LogP contribution in [0.4, 0.5) is 10.5 Å². The second-order valence-corrected chi connectivity index (χ2v) is 6.12. The maximum atomic E-state index is 11.7. The largest absolute Gasteiger partial charge is 0.448 e. The van der Waals surface area contributed by atoms with Gasteiger partial charge in [0.2, 0.25) is 5.91 Å². The molecule has 6 heteroatoms. The fraction of sp³-hybridized carbons (Fsp3) is 0.467. The number of thioether (sulfide) groups is 1. The Bertz CT molecular complexity index is 490. The van der Waals surface area contributed by atoms with Crippen molar-refractivity contribution in [2.75, 3.05) is 30.0 Å². The average Bonchev–Trinajstić information content (AvgIpc) is 2.87. The molecule has 5 nitrogen and oxygen atoms in total. The second kappa shape index (κ2) is 7.93. The molecule has 1 fully saturated rings. The number of amides is 2. The number of nitrogens with zero attached hydrogens (tertiary/aromatic N) is 1. The van der Waals surface area contributed by atoms with Crippen molar-refractivity contribution in [3.8, 4) is 0 Å². The van der Waals surface area contributed by atoms with Crippen molar-refractivity contribution >= 4 is 29.4 Å². The van der Waals surface area contributed by atoms with E-state index in [1.165, 1.54) is 0 Å². The highest BCUT2D eigenvalue weighted by molar-refractivity contribution is 7.99. The van der Waals surface area contributed by atoms with Crippen LogP contribution in [0.25, 0.3) is 0 Å². The first-order chi connectivity index (χ1) is 10.2. The van der Waals surface area contributed by atoms with Crippen LogP contribution >= 0.6 is 11.8 Å². The Morgan fingerprint density at radius 1 is 1.38 bits per heavy atom. The lowest BCUT2D eigenvalue weighted by Crippen LogP contribution is -2.23. The maximum absolute atomic E-state index is 11.7. The first-order valence-corrected chi connectivity index (χ1v) is 8.22. The molecule has 2 amide bonds. The third-order valence-corrected chi connectivity index (χ3v) is 4.03. The van der Waals surface area contributed by atoms with Gasteiger partial charge < -0.3 is 15.0 Å². The lowest BCUT2D eigenvalue weighted by atomic mass is 10.2. The highest BCUT2D eigenvalue weighted by Crippen LogP contribution is 2.14. The lowest BCUT2D eigenvalue weighted by molar-refractivity contribution is -0.115. The van der Waals surface area contributed by atoms with Crippen molar-refractivity contribution < 1.29 is 14.3 Å². The minimum Gasteiger partial charge on any atom is -0.448 e. The average molecular weight is 308 g/mol. The van der Waals surface area contributed by atoms with Gasteiger partial charge in [0.05, 0.1) is 6.54 Å². The van der Waals surface area contributed by atoms with Crippen molar-refractivity contribution in [2.45, 2.75) is 19.9 Å². The summed E-state index contributed by atoms with van der Waals surface area (Å²) in [5.41, 5.74) is 1.81. The molecule has 1 aromatic rings. The molecule has 114 valence electrons. The Kier molecular flexibility index (Phi) is 5.92. The van der Waals surface area contributed by atoms with Crippen LogP contribution in [0.2, 0.25) is 0 Å². The van der Waals surface area contributed by atoms with E-state index < -0.39 is 0 Å². The van der Waals surface area contributed by atoms with Gasteiger partial charge in [-0.15, -0.1) is 0 Å². The van der Waals surface area contributed by atoms with Crippen molar-refractivity contribution in [2.24, 2.45) is 0 Å². The standard InChI is InChI=1S/C15H20N2O3S/c1-2-21-10-7-14(18)16-13-5-3-12(4-6-13)11-17-8-9-20-15(17)19/h3-6H,2,7-11H2,1H3,(H,16,18). The summed E-state index contributed by atoms with van der Waals surface area (Å²) in [6, 6.07) is 7.56. The minimum atomic E-state index is -0.263. The third-order valence-electron chi connectivity index (χ3n) is 3.13. The predicted molar refractivity (Wildman–Crippen MR) is 84.4 cm³/mol. The van der Waals surface area contributed by atoms with E-state index in [2.05, 4.69) is 12.2 Å². The number of nitrogens with one attached hydrogen (secondary N) is 1. The highest BCUT2D eigenvalue weighted by Gasteiger charge is 2.21. The van der Waals surface area contributed by atoms with Gasteiger partial charge in [0.1, 0.15) is 6.61 Å². The van der Waals surface area contributed by atoms with E-state index in [0.29, 0.717) is 26.1 Å². The van der Waals surface area contributed by atoms with E-state index in [-0.39, 0.29) is 12.0 Å². The van der Waals surface area contributed by atoms with Crippen LogP contribution in [-0.4, -0.2) is 41.6 Å². The molecule has 1 saturated heterocycles. The number of hydrogen-bond donors (Lipinski definition) is 1. The van der Waals surface area contributed by atoms with Crippen LogP contribution in [0.3, 0.4) is 0 Å². The number of ether oxygens (including phenoxy) is 1. The molecule has 0 bridgehead atoms. The molecule has 1 aliphatic heterocycles. The Morgan fingerprint density at radius 2 is 2.14 bits per heavy atom. The topological polar surface area (TPSA) is 58.6 Å². The summed E-state index contributed by atoms with van der Waals surface area (Å²) in [7, 11) is 0. The Hall–Kier alpha value is -1.69. The molecule has 0 aliphatic carbocycles. The van der Waals surface area contributed by atoms with Gasteiger partial charge in [-0.2, -0.15) is 11.8 Å². The summed E-state index contributed by atoms with van der Waals surface area (Å²) < 4.78 is 4.89. The molecule has 0 saturated carbocycles. The summed E-state index contributed by atoms with van der Waals surface area (Å²) in [4.78, 5) is 24.7. The van der Waals surface area contributed by atoms with E-state index in [1.54, 1.807) is 16.7 Å². The van der Waals surface area contributed by atoms with Gasteiger partial charge in [-0.05, 0) is 23.4 Å². The van der Waals surface area contributed by atoms with Gasteiger partial charge >= 0.3 is 6.09 Å². The summed E-state index contributed by atoms with van der Waals surface area (Å²) in [5, 5.41) is 2.87. The molecule has 2 rings (SSSR count). The summed E-state index contributed by atoms with van der Waals surface area (Å²) in [6.07, 6.45) is 0.265. The summed E-state index contributed by atoms with van der Waals surface area (Å²) >= 11 is 1.76.